The molecule has 0 saturated carbocycles. The number of carbonyl (C=O) groups is 1. The molecular formula is C17H14Br2O. The highest BCUT2D eigenvalue weighted by Crippen LogP contribution is 2.38. The lowest BCUT2D eigenvalue weighted by Gasteiger charge is -2.11. The van der Waals surface area contributed by atoms with E-state index in [0.29, 0.717) is 0 Å². The van der Waals surface area contributed by atoms with E-state index >= 15 is 0 Å². The van der Waals surface area contributed by atoms with Gasteiger partial charge in [0.2, 0.25) is 0 Å². The van der Waals surface area contributed by atoms with Gasteiger partial charge in [-0.05, 0) is 41.2 Å². The first-order valence-electron chi connectivity index (χ1n) is 6.68. The molecule has 0 N–H and O–H groups in total. The molecule has 0 bridgehead atoms. The number of halogens is 2. The van der Waals surface area contributed by atoms with Gasteiger partial charge >= 0.3 is 0 Å². The van der Waals surface area contributed by atoms with Crippen molar-refractivity contribution in [2.75, 3.05) is 10.7 Å². The van der Waals surface area contributed by atoms with Gasteiger partial charge in [-0.25, -0.2) is 0 Å². The van der Waals surface area contributed by atoms with E-state index in [1.807, 2.05) is 24.3 Å². The zero-order valence-electron chi connectivity index (χ0n) is 11.0. The highest BCUT2D eigenvalue weighted by atomic mass is 79.9. The van der Waals surface area contributed by atoms with E-state index in [9.17, 15) is 4.79 Å². The van der Waals surface area contributed by atoms with Gasteiger partial charge in [-0.1, -0.05) is 62.2 Å². The first kappa shape index (κ1) is 14.0. The monoisotopic (exact) mass is 392 g/mol. The highest BCUT2D eigenvalue weighted by molar-refractivity contribution is 9.09. The standard InChI is InChI=1S/C17H14Br2O/c18-7-5-11-9-15-13-3-1-2-4-14(13)17(20)16(15)10-12(11)6-8-19/h1-4,9-10H,5-8H2. The molecule has 0 unspecified atom stereocenters. The first-order valence-corrected chi connectivity index (χ1v) is 8.92. The summed E-state index contributed by atoms with van der Waals surface area (Å²) in [5, 5.41) is 1.86. The maximum atomic E-state index is 12.5. The molecule has 3 heteroatoms. The number of benzene rings is 2. The number of hydrogen-bond acceptors (Lipinski definition) is 1. The molecule has 0 spiro atoms. The van der Waals surface area contributed by atoms with Crippen molar-refractivity contribution in [1.82, 2.24) is 0 Å². The Morgan fingerprint density at radius 2 is 1.30 bits per heavy atom. The second-order valence-corrected chi connectivity index (χ2v) is 6.51. The fraction of sp³-hybridized carbons (Fsp3) is 0.235. The van der Waals surface area contributed by atoms with Gasteiger partial charge in [0.1, 0.15) is 0 Å². The Hall–Kier alpha value is -0.930. The second kappa shape index (κ2) is 5.82. The van der Waals surface area contributed by atoms with Crippen LogP contribution in [0.3, 0.4) is 0 Å². The Morgan fingerprint density at radius 3 is 1.90 bits per heavy atom. The normalized spacial score (nSPS) is 12.4. The molecule has 0 atom stereocenters. The fourth-order valence-electron chi connectivity index (χ4n) is 2.83. The average Bonchev–Trinajstić information content (AvgIpc) is 2.74. The third-order valence-electron chi connectivity index (χ3n) is 3.77. The number of carbonyl (C=O) groups excluding carboxylic acids is 1. The molecule has 0 aromatic heterocycles. The lowest BCUT2D eigenvalue weighted by atomic mass is 9.95. The Bertz CT molecular complexity index is 677. The van der Waals surface area contributed by atoms with Gasteiger partial charge in [-0.2, -0.15) is 0 Å². The van der Waals surface area contributed by atoms with Crippen LogP contribution in [-0.2, 0) is 12.8 Å². The molecule has 1 aliphatic rings. The SMILES string of the molecule is O=C1c2ccccc2-c2cc(CCBr)c(CCBr)cc21. The molecule has 1 aliphatic carbocycles. The van der Waals surface area contributed by atoms with Crippen LogP contribution in [0.4, 0.5) is 0 Å². The predicted molar refractivity (Wildman–Crippen MR) is 90.3 cm³/mol. The number of hydrogen-bond donors (Lipinski definition) is 0. The Labute approximate surface area is 135 Å². The van der Waals surface area contributed by atoms with Crippen molar-refractivity contribution in [3.05, 3.63) is 58.7 Å². The zero-order valence-corrected chi connectivity index (χ0v) is 14.1. The summed E-state index contributed by atoms with van der Waals surface area (Å²) < 4.78 is 0. The molecule has 0 fully saturated rings. The maximum Gasteiger partial charge on any atom is 0.194 e. The lowest BCUT2D eigenvalue weighted by molar-refractivity contribution is 0.104. The number of ketones is 1. The van der Waals surface area contributed by atoms with E-state index < -0.39 is 0 Å². The fourth-order valence-corrected chi connectivity index (χ4v) is 3.68. The summed E-state index contributed by atoms with van der Waals surface area (Å²) >= 11 is 7.02. The molecule has 20 heavy (non-hydrogen) atoms. The molecule has 2 aromatic carbocycles. The van der Waals surface area contributed by atoms with E-state index in [-0.39, 0.29) is 5.78 Å². The molecule has 2 aromatic rings. The quantitative estimate of drug-likeness (QED) is 0.583. The maximum absolute atomic E-state index is 12.5. The molecule has 3 rings (SSSR count). The van der Waals surface area contributed by atoms with E-state index in [1.54, 1.807) is 0 Å². The summed E-state index contributed by atoms with van der Waals surface area (Å²) in [6.45, 7) is 0. The highest BCUT2D eigenvalue weighted by Gasteiger charge is 2.27. The zero-order chi connectivity index (χ0) is 14.1. The number of fused-ring (bicyclic) bond motifs is 3. The van der Waals surface area contributed by atoms with Crippen molar-refractivity contribution < 1.29 is 4.79 Å². The van der Waals surface area contributed by atoms with E-state index in [4.69, 9.17) is 0 Å². The smallest absolute Gasteiger partial charge is 0.194 e. The van der Waals surface area contributed by atoms with Gasteiger partial charge in [0.15, 0.2) is 5.78 Å². The van der Waals surface area contributed by atoms with Gasteiger partial charge in [-0.15, -0.1) is 0 Å². The van der Waals surface area contributed by atoms with Crippen molar-refractivity contribution in [3.63, 3.8) is 0 Å². The number of rotatable bonds is 4. The summed E-state index contributed by atoms with van der Waals surface area (Å²) in [5.74, 6) is 0.164. The molecule has 0 radical (unpaired) electrons. The van der Waals surface area contributed by atoms with Gasteiger partial charge < -0.3 is 0 Å². The molecule has 0 heterocycles. The summed E-state index contributed by atoms with van der Waals surface area (Å²) in [4.78, 5) is 12.5. The minimum atomic E-state index is 0.164. The summed E-state index contributed by atoms with van der Waals surface area (Å²) in [6.07, 6.45) is 1.95. The van der Waals surface area contributed by atoms with Gasteiger partial charge in [0, 0.05) is 21.8 Å². The summed E-state index contributed by atoms with van der Waals surface area (Å²) in [7, 11) is 0. The van der Waals surface area contributed by atoms with Crippen LogP contribution in [0.15, 0.2) is 36.4 Å². The molecule has 102 valence electrons. The minimum absolute atomic E-state index is 0.164. The predicted octanol–water partition coefficient (Wildman–Crippen LogP) is 4.77. The van der Waals surface area contributed by atoms with E-state index in [2.05, 4.69) is 44.0 Å². The largest absolute Gasteiger partial charge is 0.289 e. The van der Waals surface area contributed by atoms with Crippen LogP contribution in [0.1, 0.15) is 27.0 Å². The molecule has 1 nitrogen and oxygen atoms in total. The summed E-state index contributed by atoms with van der Waals surface area (Å²) in [5.41, 5.74) is 6.49. The molecular weight excluding hydrogens is 380 g/mol. The van der Waals surface area contributed by atoms with Gasteiger partial charge in [0.25, 0.3) is 0 Å². The molecule has 0 aliphatic heterocycles. The van der Waals surface area contributed by atoms with Crippen LogP contribution in [-0.4, -0.2) is 16.4 Å². The van der Waals surface area contributed by atoms with Crippen molar-refractivity contribution in [2.45, 2.75) is 12.8 Å². The van der Waals surface area contributed by atoms with Gasteiger partial charge in [-0.3, -0.25) is 4.79 Å². The first-order chi connectivity index (χ1) is 9.76. The second-order valence-electron chi connectivity index (χ2n) is 4.92. The molecule has 0 saturated heterocycles. The van der Waals surface area contributed by atoms with Crippen LogP contribution in [0, 0.1) is 0 Å². The molecule has 0 amide bonds. The van der Waals surface area contributed by atoms with Crippen LogP contribution in [0.25, 0.3) is 11.1 Å². The van der Waals surface area contributed by atoms with Crippen LogP contribution >= 0.6 is 31.9 Å². The Kier molecular flexibility index (Phi) is 4.08. The van der Waals surface area contributed by atoms with E-state index in [1.165, 1.54) is 11.1 Å². The number of alkyl halides is 2. The van der Waals surface area contributed by atoms with Crippen molar-refractivity contribution >= 4 is 37.6 Å². The Morgan fingerprint density at radius 1 is 0.750 bits per heavy atom. The van der Waals surface area contributed by atoms with E-state index in [0.717, 1.165) is 45.8 Å². The van der Waals surface area contributed by atoms with Crippen LogP contribution < -0.4 is 0 Å². The van der Waals surface area contributed by atoms with Crippen molar-refractivity contribution in [2.24, 2.45) is 0 Å². The summed E-state index contributed by atoms with van der Waals surface area (Å²) in [6, 6.07) is 12.2. The van der Waals surface area contributed by atoms with Crippen LogP contribution in [0.5, 0.6) is 0 Å². The third kappa shape index (κ3) is 2.27. The lowest BCUT2D eigenvalue weighted by Crippen LogP contribution is -2.01. The minimum Gasteiger partial charge on any atom is -0.289 e. The van der Waals surface area contributed by atoms with Crippen molar-refractivity contribution in [3.8, 4) is 11.1 Å². The topological polar surface area (TPSA) is 17.1 Å². The van der Waals surface area contributed by atoms with Crippen LogP contribution in [0.2, 0.25) is 0 Å². The Balaban J connectivity index is 2.18. The average molecular weight is 394 g/mol. The van der Waals surface area contributed by atoms with Gasteiger partial charge in [0.05, 0.1) is 0 Å². The third-order valence-corrected chi connectivity index (χ3v) is 4.57. The number of aryl methyl sites for hydroxylation is 2. The van der Waals surface area contributed by atoms with Crippen molar-refractivity contribution in [1.29, 1.82) is 0 Å².